The molecule has 3 aromatic heterocycles. The lowest BCUT2D eigenvalue weighted by atomic mass is 9.95. The molecule has 0 spiro atoms. The number of aromatic nitrogens is 6. The van der Waals surface area contributed by atoms with Gasteiger partial charge in [-0.05, 0) is 62.3 Å². The van der Waals surface area contributed by atoms with Crippen LogP contribution < -0.4 is 10.0 Å². The molecule has 7 rings (SSSR count). The van der Waals surface area contributed by atoms with Crippen molar-refractivity contribution in [2.75, 3.05) is 17.5 Å². The van der Waals surface area contributed by atoms with Crippen LogP contribution in [0, 0.1) is 29.4 Å². The monoisotopic (exact) mass is 790 g/mol. The van der Waals surface area contributed by atoms with Gasteiger partial charge < -0.3 is 10.4 Å². The number of rotatable bonds is 10. The molecule has 5 aromatic rings. The maximum absolute atomic E-state index is 15.3. The molecule has 3 unspecified atom stereocenters. The number of nitrogens with zero attached hydrogens (tertiary/aromatic N) is 6. The number of alkyl halides is 5. The van der Waals surface area contributed by atoms with Gasteiger partial charge in [0.15, 0.2) is 11.5 Å². The first-order valence-corrected chi connectivity index (χ1v) is 18.8. The van der Waals surface area contributed by atoms with E-state index in [1.54, 1.807) is 25.2 Å². The molecule has 0 aliphatic heterocycles. The first-order chi connectivity index (χ1) is 25.6. The Hall–Kier alpha value is -5.06. The van der Waals surface area contributed by atoms with Gasteiger partial charge in [0.25, 0.3) is 5.92 Å². The predicted molar refractivity (Wildman–Crippen MR) is 186 cm³/mol. The Bertz CT molecular complexity index is 2500. The molecule has 1 saturated carbocycles. The van der Waals surface area contributed by atoms with E-state index < -0.39 is 80.7 Å². The molecule has 3 N–H and O–H groups in total. The van der Waals surface area contributed by atoms with Crippen molar-refractivity contribution in [3.05, 3.63) is 88.3 Å². The summed E-state index contributed by atoms with van der Waals surface area (Å²) in [6.45, 7) is 2.18. The van der Waals surface area contributed by atoms with Gasteiger partial charge in [0.05, 0.1) is 30.1 Å². The topological polar surface area (TPSA) is 140 Å². The van der Waals surface area contributed by atoms with E-state index in [0.717, 1.165) is 18.4 Å². The molecule has 2 aromatic carbocycles. The fourth-order valence-corrected chi connectivity index (χ4v) is 7.66. The smallest absolute Gasteiger partial charge is 0.378 e. The van der Waals surface area contributed by atoms with E-state index in [9.17, 15) is 35.5 Å². The zero-order valence-electron chi connectivity index (χ0n) is 29.6. The first kappa shape index (κ1) is 38.2. The molecule has 19 heteroatoms. The quantitative estimate of drug-likeness (QED) is 0.119. The zero-order valence-corrected chi connectivity index (χ0v) is 30.4. The number of nitrogens with one attached hydrogen (secondary N) is 2. The Morgan fingerprint density at radius 3 is 2.45 bits per heavy atom. The van der Waals surface area contributed by atoms with Crippen molar-refractivity contribution >= 4 is 26.7 Å². The summed E-state index contributed by atoms with van der Waals surface area (Å²) < 4.78 is 130. The van der Waals surface area contributed by atoms with Gasteiger partial charge in [0, 0.05) is 53.9 Å². The lowest BCUT2D eigenvalue weighted by molar-refractivity contribution is -0.142. The van der Waals surface area contributed by atoms with Crippen LogP contribution in [-0.2, 0) is 42.1 Å². The fraction of sp³-hybridized carbons (Fsp3) is 0.389. The Morgan fingerprint density at radius 2 is 1.80 bits per heavy atom. The van der Waals surface area contributed by atoms with Crippen molar-refractivity contribution in [3.63, 3.8) is 0 Å². The molecular weight excluding hydrogens is 758 g/mol. The molecule has 0 saturated heterocycles. The second-order valence-electron chi connectivity index (χ2n) is 14.2. The van der Waals surface area contributed by atoms with Crippen LogP contribution in [0.15, 0.2) is 42.6 Å². The lowest BCUT2D eigenvalue weighted by Crippen LogP contribution is -2.30. The molecule has 290 valence electrons. The van der Waals surface area contributed by atoms with Crippen LogP contribution >= 0.6 is 0 Å². The molecule has 1 fully saturated rings. The molecule has 55 heavy (non-hydrogen) atoms. The van der Waals surface area contributed by atoms with Gasteiger partial charge in [-0.1, -0.05) is 18.1 Å². The molecular formula is C36H33F7N8O3S. The number of hydrogen-bond donors (Lipinski definition) is 3. The Kier molecular flexibility index (Phi) is 9.25. The number of anilines is 1. The largest absolute Gasteiger partial charge is 0.435 e. The fourth-order valence-electron chi connectivity index (χ4n) is 7.16. The standard InChI is InChI=1S/C36H33F7N8O3S/c1-34(2,52)9-8-27-45-17-24(21-6-5-7-22-30(21)50(3)48-33(22)49-55(4,53)54)29(46-27)26(14-18-12-19(37)15-20(38)13-18)44-10-11-51-32-28(31(47-51)36(41,42)43)23-16-25(23)35(32,39)40/h5-7,12-13,15,17,23,25-26,44,52H,10-11,14,16H2,1-4H3,(H,48,49). The number of aliphatic hydroxyl groups is 1. The molecule has 3 heterocycles. The average molecular weight is 791 g/mol. The first-order valence-electron chi connectivity index (χ1n) is 16.9. The predicted octanol–water partition coefficient (Wildman–Crippen LogP) is 5.80. The third-order valence-corrected chi connectivity index (χ3v) is 9.91. The van der Waals surface area contributed by atoms with Crippen LogP contribution in [0.5, 0.6) is 0 Å². The minimum absolute atomic E-state index is 0.0290. The van der Waals surface area contributed by atoms with Gasteiger partial charge >= 0.3 is 6.18 Å². The highest BCUT2D eigenvalue weighted by Gasteiger charge is 2.68. The molecule has 0 amide bonds. The lowest BCUT2D eigenvalue weighted by Gasteiger charge is -2.23. The summed E-state index contributed by atoms with van der Waals surface area (Å²) in [6, 6.07) is 6.76. The van der Waals surface area contributed by atoms with Crippen molar-refractivity contribution < 1.29 is 44.3 Å². The maximum Gasteiger partial charge on any atom is 0.435 e. The van der Waals surface area contributed by atoms with Crippen LogP contribution in [0.2, 0.25) is 0 Å². The summed E-state index contributed by atoms with van der Waals surface area (Å²) in [5.74, 6) is -2.19. The minimum atomic E-state index is -4.96. The molecule has 0 bridgehead atoms. The van der Waals surface area contributed by atoms with Crippen molar-refractivity contribution in [1.82, 2.24) is 34.8 Å². The number of fused-ring (bicyclic) bond motifs is 4. The third-order valence-electron chi connectivity index (χ3n) is 9.34. The van der Waals surface area contributed by atoms with E-state index in [1.165, 1.54) is 24.7 Å². The SMILES string of the molecule is Cn1nc(NS(C)(=O)=O)c2cccc(-c3cnc(C#CC(C)(C)O)nc3C(Cc3cc(F)cc(F)c3)NCCn3nc(C(F)(F)F)c4c3C(F)(F)C3CC43)c21. The average Bonchev–Trinajstić information content (AvgIpc) is 3.60. The van der Waals surface area contributed by atoms with E-state index in [1.807, 2.05) is 0 Å². The van der Waals surface area contributed by atoms with E-state index in [2.05, 4.69) is 42.0 Å². The second-order valence-corrected chi connectivity index (χ2v) is 16.0. The van der Waals surface area contributed by atoms with Crippen molar-refractivity contribution in [3.8, 4) is 23.0 Å². The van der Waals surface area contributed by atoms with Gasteiger partial charge in [-0.15, -0.1) is 0 Å². The van der Waals surface area contributed by atoms with Gasteiger partial charge in [-0.3, -0.25) is 14.1 Å². The van der Waals surface area contributed by atoms with E-state index in [-0.39, 0.29) is 42.3 Å². The van der Waals surface area contributed by atoms with Crippen LogP contribution in [0.4, 0.5) is 36.6 Å². The second kappa shape index (κ2) is 13.3. The molecule has 2 aliphatic carbocycles. The van der Waals surface area contributed by atoms with E-state index in [0.29, 0.717) is 32.8 Å². The number of hydrogen-bond acceptors (Lipinski definition) is 8. The maximum atomic E-state index is 15.3. The zero-order chi connectivity index (χ0) is 39.8. The van der Waals surface area contributed by atoms with Crippen LogP contribution in [0.25, 0.3) is 22.0 Å². The summed E-state index contributed by atoms with van der Waals surface area (Å²) in [4.78, 5) is 9.05. The molecule has 0 radical (unpaired) electrons. The number of para-hydroxylation sites is 1. The third kappa shape index (κ3) is 7.62. The summed E-state index contributed by atoms with van der Waals surface area (Å²) in [5, 5.41) is 21.7. The minimum Gasteiger partial charge on any atom is -0.378 e. The van der Waals surface area contributed by atoms with Gasteiger partial charge in [-0.25, -0.2) is 27.2 Å². The van der Waals surface area contributed by atoms with Crippen molar-refractivity contribution in [1.29, 1.82) is 0 Å². The number of sulfonamides is 1. The summed E-state index contributed by atoms with van der Waals surface area (Å²) >= 11 is 0. The van der Waals surface area contributed by atoms with Gasteiger partial charge in [-0.2, -0.15) is 32.1 Å². The van der Waals surface area contributed by atoms with Crippen LogP contribution in [-0.4, -0.2) is 61.5 Å². The normalized spacial score (nSPS) is 18.1. The van der Waals surface area contributed by atoms with Crippen LogP contribution in [0.3, 0.4) is 0 Å². The Balaban J connectivity index is 1.35. The number of benzene rings is 2. The van der Waals surface area contributed by atoms with Gasteiger partial charge in [0.2, 0.25) is 15.8 Å². The Labute approximate surface area is 310 Å². The number of aryl methyl sites for hydroxylation is 1. The highest BCUT2D eigenvalue weighted by atomic mass is 32.2. The summed E-state index contributed by atoms with van der Waals surface area (Å²) in [7, 11) is -2.17. The number of halogens is 7. The van der Waals surface area contributed by atoms with Gasteiger partial charge in [0.1, 0.15) is 22.9 Å². The Morgan fingerprint density at radius 1 is 1.09 bits per heavy atom. The highest BCUT2D eigenvalue weighted by molar-refractivity contribution is 7.92. The highest BCUT2D eigenvalue weighted by Crippen LogP contribution is 2.68. The summed E-state index contributed by atoms with van der Waals surface area (Å²) in [5.41, 5.74) is -2.58. The van der Waals surface area contributed by atoms with E-state index in [4.69, 9.17) is 0 Å². The van der Waals surface area contributed by atoms with E-state index >= 15 is 8.78 Å². The molecule has 2 aliphatic rings. The molecule has 11 nitrogen and oxygen atoms in total. The van der Waals surface area contributed by atoms with Crippen LogP contribution in [0.1, 0.15) is 66.3 Å². The summed E-state index contributed by atoms with van der Waals surface area (Å²) in [6.07, 6.45) is -2.83. The van der Waals surface area contributed by atoms with Crippen molar-refractivity contribution in [2.24, 2.45) is 13.0 Å². The molecule has 3 atom stereocenters. The van der Waals surface area contributed by atoms with Crippen molar-refractivity contribution in [2.45, 2.75) is 62.9 Å².